The zero-order valence-electron chi connectivity index (χ0n) is 15.6. The summed E-state index contributed by atoms with van der Waals surface area (Å²) in [6, 6.07) is 3.79. The van der Waals surface area contributed by atoms with Crippen molar-refractivity contribution in [3.63, 3.8) is 0 Å². The van der Waals surface area contributed by atoms with Crippen molar-refractivity contribution in [2.45, 2.75) is 39.0 Å². The summed E-state index contributed by atoms with van der Waals surface area (Å²) in [5, 5.41) is 7.44. The Hall–Kier alpha value is -3.00. The van der Waals surface area contributed by atoms with Crippen LogP contribution in [0.2, 0.25) is 0 Å². The van der Waals surface area contributed by atoms with E-state index in [2.05, 4.69) is 20.4 Å². The highest BCUT2D eigenvalue weighted by molar-refractivity contribution is 5.94. The Morgan fingerprint density at radius 3 is 3.00 bits per heavy atom. The molecule has 1 N–H and O–H groups in total. The van der Waals surface area contributed by atoms with Gasteiger partial charge in [0.15, 0.2) is 5.69 Å². The molecule has 4 heterocycles. The molecule has 1 amide bonds. The maximum atomic E-state index is 12.8. The van der Waals surface area contributed by atoms with Crippen LogP contribution in [0.15, 0.2) is 37.1 Å². The molecule has 0 radical (unpaired) electrons. The first kappa shape index (κ1) is 17.4. The van der Waals surface area contributed by atoms with Gasteiger partial charge in [-0.2, -0.15) is 5.10 Å². The molecule has 0 saturated carbocycles. The summed E-state index contributed by atoms with van der Waals surface area (Å²) < 4.78 is 9.44. The zero-order valence-corrected chi connectivity index (χ0v) is 15.6. The lowest BCUT2D eigenvalue weighted by atomic mass is 9.99. The first-order chi connectivity index (χ1) is 13.0. The number of nitrogens with zero attached hydrogens (tertiary/aromatic N) is 5. The van der Waals surface area contributed by atoms with Crippen LogP contribution in [-0.2, 0) is 24.8 Å². The van der Waals surface area contributed by atoms with Crippen LogP contribution >= 0.6 is 0 Å². The van der Waals surface area contributed by atoms with Crippen LogP contribution in [-0.4, -0.2) is 36.3 Å². The van der Waals surface area contributed by atoms with Gasteiger partial charge in [0.25, 0.3) is 5.91 Å². The monoisotopic (exact) mass is 366 g/mol. The maximum Gasteiger partial charge on any atom is 0.272 e. The molecule has 1 aliphatic rings. The molecule has 0 saturated heterocycles. The van der Waals surface area contributed by atoms with Crippen molar-refractivity contribution < 1.29 is 9.53 Å². The van der Waals surface area contributed by atoms with Crippen LogP contribution in [0.4, 0.5) is 0 Å². The molecule has 3 aromatic rings. The van der Waals surface area contributed by atoms with E-state index in [1.807, 2.05) is 43.8 Å². The molecular formula is C19H22N6O2. The lowest BCUT2D eigenvalue weighted by Gasteiger charge is -2.26. The molecule has 4 rings (SSSR count). The van der Waals surface area contributed by atoms with E-state index >= 15 is 0 Å². The normalized spacial score (nSPS) is 18.9. The number of fused-ring (bicyclic) bond motifs is 1. The van der Waals surface area contributed by atoms with E-state index in [0.717, 1.165) is 22.6 Å². The van der Waals surface area contributed by atoms with Crippen LogP contribution < -0.4 is 5.32 Å². The van der Waals surface area contributed by atoms with Gasteiger partial charge in [-0.25, -0.2) is 9.97 Å². The highest BCUT2D eigenvalue weighted by Gasteiger charge is 2.31. The summed E-state index contributed by atoms with van der Waals surface area (Å²) in [7, 11) is 1.85. The van der Waals surface area contributed by atoms with Gasteiger partial charge >= 0.3 is 0 Å². The van der Waals surface area contributed by atoms with Crippen molar-refractivity contribution in [1.29, 1.82) is 0 Å². The van der Waals surface area contributed by atoms with Crippen LogP contribution in [0.5, 0.6) is 0 Å². The minimum absolute atomic E-state index is 0.0643. The third-order valence-corrected chi connectivity index (χ3v) is 4.78. The molecule has 1 aliphatic heterocycles. The van der Waals surface area contributed by atoms with Gasteiger partial charge in [-0.1, -0.05) is 6.07 Å². The maximum absolute atomic E-state index is 12.8. The van der Waals surface area contributed by atoms with E-state index in [4.69, 9.17) is 4.74 Å². The van der Waals surface area contributed by atoms with Gasteiger partial charge < -0.3 is 10.1 Å². The molecule has 3 aromatic heterocycles. The summed E-state index contributed by atoms with van der Waals surface area (Å²) >= 11 is 0. The van der Waals surface area contributed by atoms with Gasteiger partial charge in [-0.15, -0.1) is 0 Å². The second-order valence-corrected chi connectivity index (χ2v) is 6.77. The zero-order chi connectivity index (χ0) is 19.0. The Labute approximate surface area is 157 Å². The molecule has 27 heavy (non-hydrogen) atoms. The summed E-state index contributed by atoms with van der Waals surface area (Å²) in [6.45, 7) is 4.36. The summed E-state index contributed by atoms with van der Waals surface area (Å²) in [5.41, 5.74) is 3.32. The highest BCUT2D eigenvalue weighted by Crippen LogP contribution is 2.31. The van der Waals surface area contributed by atoms with Crippen molar-refractivity contribution in [3.8, 4) is 5.82 Å². The Balaban J connectivity index is 1.56. The molecule has 0 spiro atoms. The highest BCUT2D eigenvalue weighted by atomic mass is 16.5. The fourth-order valence-corrected chi connectivity index (χ4v) is 3.67. The van der Waals surface area contributed by atoms with Gasteiger partial charge in [0.2, 0.25) is 0 Å². The van der Waals surface area contributed by atoms with Crippen molar-refractivity contribution in [3.05, 3.63) is 59.6 Å². The number of aromatic nitrogens is 5. The number of rotatable bonds is 4. The lowest BCUT2D eigenvalue weighted by molar-refractivity contribution is -0.00903. The number of carbonyl (C=O) groups is 1. The van der Waals surface area contributed by atoms with E-state index in [1.165, 1.54) is 0 Å². The van der Waals surface area contributed by atoms with Gasteiger partial charge in [0.05, 0.1) is 17.9 Å². The van der Waals surface area contributed by atoms with E-state index in [-0.39, 0.29) is 18.1 Å². The number of carbonyl (C=O) groups excluding carboxylic acids is 1. The molecule has 0 fully saturated rings. The van der Waals surface area contributed by atoms with Crippen molar-refractivity contribution >= 4 is 5.91 Å². The number of imidazole rings is 1. The van der Waals surface area contributed by atoms with Crippen molar-refractivity contribution in [2.24, 2.45) is 7.05 Å². The quantitative estimate of drug-likeness (QED) is 0.763. The van der Waals surface area contributed by atoms with E-state index in [0.29, 0.717) is 18.7 Å². The molecular weight excluding hydrogens is 344 g/mol. The second kappa shape index (κ2) is 6.96. The van der Waals surface area contributed by atoms with Gasteiger partial charge in [-0.3, -0.25) is 14.0 Å². The predicted molar refractivity (Wildman–Crippen MR) is 98.4 cm³/mol. The van der Waals surface area contributed by atoms with Crippen LogP contribution in [0, 0.1) is 0 Å². The number of ether oxygens (including phenoxy) is 1. The lowest BCUT2D eigenvalue weighted by Crippen LogP contribution is -2.28. The predicted octanol–water partition coefficient (Wildman–Crippen LogP) is 1.95. The van der Waals surface area contributed by atoms with Crippen LogP contribution in [0.1, 0.15) is 47.3 Å². The smallest absolute Gasteiger partial charge is 0.272 e. The topological polar surface area (TPSA) is 86.9 Å². The van der Waals surface area contributed by atoms with E-state index < -0.39 is 0 Å². The molecule has 2 atom stereocenters. The fourth-order valence-electron chi connectivity index (χ4n) is 3.67. The Morgan fingerprint density at radius 2 is 2.22 bits per heavy atom. The number of hydrogen-bond donors (Lipinski definition) is 1. The fraction of sp³-hybridized carbons (Fsp3) is 0.368. The summed E-state index contributed by atoms with van der Waals surface area (Å²) in [6.07, 6.45) is 7.60. The third kappa shape index (κ3) is 3.23. The average Bonchev–Trinajstić information content (AvgIpc) is 3.28. The first-order valence-corrected chi connectivity index (χ1v) is 8.96. The molecule has 0 unspecified atom stereocenters. The van der Waals surface area contributed by atoms with Gasteiger partial charge in [0, 0.05) is 49.7 Å². The number of aryl methyl sites for hydroxylation is 1. The van der Waals surface area contributed by atoms with Gasteiger partial charge in [0.1, 0.15) is 12.1 Å². The summed E-state index contributed by atoms with van der Waals surface area (Å²) in [4.78, 5) is 21.3. The number of pyridine rings is 1. The molecule has 8 nitrogen and oxygen atoms in total. The van der Waals surface area contributed by atoms with E-state index in [9.17, 15) is 4.79 Å². The minimum atomic E-state index is -0.186. The summed E-state index contributed by atoms with van der Waals surface area (Å²) in [5.74, 6) is 0.558. The van der Waals surface area contributed by atoms with Gasteiger partial charge in [-0.05, 0) is 19.9 Å². The molecule has 0 aromatic carbocycles. The minimum Gasteiger partial charge on any atom is -0.369 e. The van der Waals surface area contributed by atoms with E-state index in [1.54, 1.807) is 23.4 Å². The molecule has 8 heteroatoms. The first-order valence-electron chi connectivity index (χ1n) is 8.96. The van der Waals surface area contributed by atoms with Crippen LogP contribution in [0.25, 0.3) is 5.82 Å². The molecule has 140 valence electrons. The molecule has 0 bridgehead atoms. The molecule has 0 aliphatic carbocycles. The number of nitrogens with one attached hydrogen (secondary N) is 1. The number of hydrogen-bond acceptors (Lipinski definition) is 5. The third-order valence-electron chi connectivity index (χ3n) is 4.78. The SMILES string of the molecule is C[C@@H]1Cc2c(C(=O)NCc3cccnc3-n3ccnc3)nn(C)c2[C@H](C)O1. The average molecular weight is 366 g/mol. The number of amides is 1. The largest absolute Gasteiger partial charge is 0.369 e. The Kier molecular flexibility index (Phi) is 4.49. The van der Waals surface area contributed by atoms with Crippen LogP contribution in [0.3, 0.4) is 0 Å². The Bertz CT molecular complexity index is 963. The Morgan fingerprint density at radius 1 is 1.37 bits per heavy atom. The standard InChI is InChI=1S/C19H22N6O2/c1-12-9-15-16(23-24(3)17(15)13(2)27-12)19(26)22-10-14-5-4-6-21-18(14)25-8-7-20-11-25/h4-8,11-13H,9-10H2,1-3H3,(H,22,26)/t12-,13+/m1/s1. The van der Waals surface area contributed by atoms with Crippen molar-refractivity contribution in [2.75, 3.05) is 0 Å². The second-order valence-electron chi connectivity index (χ2n) is 6.77. The van der Waals surface area contributed by atoms with Crippen molar-refractivity contribution in [1.82, 2.24) is 29.6 Å².